The van der Waals surface area contributed by atoms with Gasteiger partial charge < -0.3 is 23.7 Å². The summed E-state index contributed by atoms with van der Waals surface area (Å²) >= 11 is 0. The number of fused-ring (bicyclic) bond motifs is 3. The number of hydrogen-bond acceptors (Lipinski definition) is 6. The lowest BCUT2D eigenvalue weighted by Crippen LogP contribution is -2.01. The lowest BCUT2D eigenvalue weighted by Gasteiger charge is -2.16. The molecule has 0 aliphatic carbocycles. The number of carbonyl (C=O) groups excluding carboxylic acids is 1. The predicted octanol–water partition coefficient (Wildman–Crippen LogP) is 5.26. The number of carbonyl (C=O) groups is 1. The topological polar surface area (TPSA) is 63.2 Å². The van der Waals surface area contributed by atoms with Crippen LogP contribution in [0.25, 0.3) is 21.9 Å². The molecular weight excluding hydrogens is 396 g/mol. The molecule has 0 spiro atoms. The Kier molecular flexibility index (Phi) is 4.70. The Bertz CT molecular complexity index is 1240. The van der Waals surface area contributed by atoms with Crippen LogP contribution in [0.1, 0.15) is 29.8 Å². The third-order valence-corrected chi connectivity index (χ3v) is 5.46. The maximum atomic E-state index is 12.7. The number of cyclic esters (lactones) is 1. The summed E-state index contributed by atoms with van der Waals surface area (Å²) in [7, 11) is 1.62. The lowest BCUT2D eigenvalue weighted by atomic mass is 9.90. The number of benzene rings is 3. The largest absolute Gasteiger partial charge is 0.493 e. The zero-order valence-electron chi connectivity index (χ0n) is 17.6. The van der Waals surface area contributed by atoms with E-state index in [1.54, 1.807) is 7.11 Å². The van der Waals surface area contributed by atoms with Crippen molar-refractivity contribution >= 4 is 16.7 Å². The zero-order valence-corrected chi connectivity index (χ0v) is 17.6. The maximum absolute atomic E-state index is 12.7. The highest BCUT2D eigenvalue weighted by molar-refractivity contribution is 6.11. The molecule has 2 heterocycles. The van der Waals surface area contributed by atoms with Gasteiger partial charge in [-0.25, -0.2) is 4.79 Å². The van der Waals surface area contributed by atoms with Gasteiger partial charge in [-0.2, -0.15) is 0 Å². The molecule has 3 aromatic rings. The molecule has 0 unspecified atom stereocenters. The Morgan fingerprint density at radius 3 is 2.65 bits per heavy atom. The number of rotatable bonds is 5. The summed E-state index contributed by atoms with van der Waals surface area (Å²) in [5.74, 6) is 2.27. The van der Waals surface area contributed by atoms with Gasteiger partial charge in [0.25, 0.3) is 0 Å². The SMILES string of the molecule is COc1cc2cc3c(c(-c4ccc5c(c4)OCO5)c2cc1OCC=C(C)C)C(=O)OC3. The van der Waals surface area contributed by atoms with Crippen LogP contribution >= 0.6 is 0 Å². The van der Waals surface area contributed by atoms with E-state index in [1.807, 2.05) is 56.3 Å². The summed E-state index contributed by atoms with van der Waals surface area (Å²) in [6.07, 6.45) is 2.00. The van der Waals surface area contributed by atoms with Crippen LogP contribution in [-0.2, 0) is 11.3 Å². The van der Waals surface area contributed by atoms with Gasteiger partial charge in [0.2, 0.25) is 6.79 Å². The molecule has 6 nitrogen and oxygen atoms in total. The van der Waals surface area contributed by atoms with Gasteiger partial charge in [-0.3, -0.25) is 0 Å². The molecule has 0 amide bonds. The molecule has 158 valence electrons. The van der Waals surface area contributed by atoms with E-state index in [9.17, 15) is 4.79 Å². The van der Waals surface area contributed by atoms with Crippen molar-refractivity contribution in [2.45, 2.75) is 20.5 Å². The smallest absolute Gasteiger partial charge is 0.339 e. The number of methoxy groups -OCH3 is 1. The Hall–Kier alpha value is -3.67. The van der Waals surface area contributed by atoms with Crippen molar-refractivity contribution in [2.75, 3.05) is 20.5 Å². The van der Waals surface area contributed by atoms with Crippen LogP contribution in [0.4, 0.5) is 0 Å². The van der Waals surface area contributed by atoms with Gasteiger partial charge in [-0.15, -0.1) is 0 Å². The van der Waals surface area contributed by atoms with E-state index >= 15 is 0 Å². The van der Waals surface area contributed by atoms with Crippen LogP contribution in [0, 0.1) is 0 Å². The van der Waals surface area contributed by atoms with Crippen molar-refractivity contribution in [1.29, 1.82) is 0 Å². The minimum Gasteiger partial charge on any atom is -0.493 e. The molecule has 31 heavy (non-hydrogen) atoms. The first-order valence-electron chi connectivity index (χ1n) is 10.1. The molecule has 0 bridgehead atoms. The Labute approximate surface area is 179 Å². The van der Waals surface area contributed by atoms with Crippen LogP contribution in [0.5, 0.6) is 23.0 Å². The standard InChI is InChI=1S/C25H22O6/c1-14(2)6-7-28-22-11-18-16(10-20(22)27-3)8-17-12-29-25(26)24(17)23(18)15-4-5-19-21(9-15)31-13-30-19/h4-6,8-11H,7,12-13H2,1-3H3. The molecule has 0 fully saturated rings. The van der Waals surface area contributed by atoms with Crippen molar-refractivity contribution in [3.05, 3.63) is 59.2 Å². The van der Waals surface area contributed by atoms with Gasteiger partial charge in [-0.1, -0.05) is 11.6 Å². The lowest BCUT2D eigenvalue weighted by molar-refractivity contribution is 0.0535. The van der Waals surface area contributed by atoms with Crippen LogP contribution in [-0.4, -0.2) is 26.5 Å². The number of esters is 1. The van der Waals surface area contributed by atoms with Crippen LogP contribution in [0.15, 0.2) is 48.0 Å². The Morgan fingerprint density at radius 1 is 1.00 bits per heavy atom. The molecule has 0 atom stereocenters. The zero-order chi connectivity index (χ0) is 21.5. The van der Waals surface area contributed by atoms with Gasteiger partial charge in [0, 0.05) is 11.1 Å². The number of hydrogen-bond donors (Lipinski definition) is 0. The molecule has 6 heteroatoms. The van der Waals surface area contributed by atoms with Crippen molar-refractivity contribution in [3.8, 4) is 34.1 Å². The first-order chi connectivity index (χ1) is 15.0. The minimum atomic E-state index is -0.326. The van der Waals surface area contributed by atoms with E-state index < -0.39 is 0 Å². The monoisotopic (exact) mass is 418 g/mol. The fourth-order valence-electron chi connectivity index (χ4n) is 3.95. The van der Waals surface area contributed by atoms with Crippen LogP contribution in [0.3, 0.4) is 0 Å². The van der Waals surface area contributed by atoms with Gasteiger partial charge in [0.1, 0.15) is 13.2 Å². The van der Waals surface area contributed by atoms with Gasteiger partial charge in [-0.05, 0) is 66.6 Å². The van der Waals surface area contributed by atoms with Gasteiger partial charge in [0.05, 0.1) is 12.7 Å². The average Bonchev–Trinajstić information content (AvgIpc) is 3.37. The first-order valence-corrected chi connectivity index (χ1v) is 10.1. The van der Waals surface area contributed by atoms with E-state index in [1.165, 1.54) is 5.57 Å². The fourth-order valence-corrected chi connectivity index (χ4v) is 3.95. The Balaban J connectivity index is 1.74. The van der Waals surface area contributed by atoms with Crippen molar-refractivity contribution in [3.63, 3.8) is 0 Å². The molecule has 0 N–H and O–H groups in total. The number of ether oxygens (including phenoxy) is 5. The average molecular weight is 418 g/mol. The van der Waals surface area contributed by atoms with Gasteiger partial charge >= 0.3 is 5.97 Å². The molecule has 0 radical (unpaired) electrons. The third kappa shape index (κ3) is 3.34. The van der Waals surface area contributed by atoms with E-state index in [0.29, 0.717) is 35.2 Å². The summed E-state index contributed by atoms with van der Waals surface area (Å²) in [4.78, 5) is 12.7. The second-order valence-electron chi connectivity index (χ2n) is 7.75. The normalized spacial score (nSPS) is 13.7. The highest BCUT2D eigenvalue weighted by Gasteiger charge is 2.29. The van der Waals surface area contributed by atoms with E-state index in [4.69, 9.17) is 23.7 Å². The minimum absolute atomic E-state index is 0.189. The fraction of sp³-hybridized carbons (Fsp3) is 0.240. The summed E-state index contributed by atoms with van der Waals surface area (Å²) in [5, 5.41) is 1.82. The van der Waals surface area contributed by atoms with Crippen molar-refractivity contribution < 1.29 is 28.5 Å². The Morgan fingerprint density at radius 2 is 1.84 bits per heavy atom. The molecular formula is C25H22O6. The summed E-state index contributed by atoms with van der Waals surface area (Å²) < 4.78 is 27.9. The molecule has 5 rings (SSSR count). The number of allylic oxidation sites excluding steroid dienone is 1. The maximum Gasteiger partial charge on any atom is 0.339 e. The molecule has 2 aliphatic rings. The molecule has 0 saturated heterocycles. The second-order valence-corrected chi connectivity index (χ2v) is 7.75. The predicted molar refractivity (Wildman–Crippen MR) is 116 cm³/mol. The second kappa shape index (κ2) is 7.54. The highest BCUT2D eigenvalue weighted by Crippen LogP contribution is 2.44. The summed E-state index contributed by atoms with van der Waals surface area (Å²) in [6.45, 7) is 4.91. The summed E-state index contributed by atoms with van der Waals surface area (Å²) in [6, 6.07) is 11.5. The van der Waals surface area contributed by atoms with Crippen LogP contribution < -0.4 is 18.9 Å². The first kappa shape index (κ1) is 19.3. The quantitative estimate of drug-likeness (QED) is 0.416. The van der Waals surface area contributed by atoms with E-state index in [2.05, 4.69) is 0 Å². The van der Waals surface area contributed by atoms with Crippen molar-refractivity contribution in [1.82, 2.24) is 0 Å². The highest BCUT2D eigenvalue weighted by atomic mass is 16.7. The molecule has 0 saturated carbocycles. The van der Waals surface area contributed by atoms with E-state index in [0.717, 1.165) is 27.5 Å². The molecule has 3 aromatic carbocycles. The van der Waals surface area contributed by atoms with E-state index in [-0.39, 0.29) is 19.4 Å². The van der Waals surface area contributed by atoms with Crippen LogP contribution in [0.2, 0.25) is 0 Å². The molecule has 0 aromatic heterocycles. The third-order valence-electron chi connectivity index (χ3n) is 5.46. The van der Waals surface area contributed by atoms with Gasteiger partial charge in [0.15, 0.2) is 23.0 Å². The molecule has 2 aliphatic heterocycles. The van der Waals surface area contributed by atoms with Crippen molar-refractivity contribution in [2.24, 2.45) is 0 Å². The summed E-state index contributed by atoms with van der Waals surface area (Å²) in [5.41, 5.74) is 4.24.